The smallest absolute Gasteiger partial charge is 0.233 e. The van der Waals surface area contributed by atoms with Gasteiger partial charge in [0.15, 0.2) is 5.16 Å². The molecule has 1 heterocycles. The van der Waals surface area contributed by atoms with E-state index in [2.05, 4.69) is 15.5 Å². The van der Waals surface area contributed by atoms with E-state index in [4.69, 9.17) is 11.6 Å². The van der Waals surface area contributed by atoms with E-state index in [-0.39, 0.29) is 11.2 Å². The lowest BCUT2D eigenvalue weighted by molar-refractivity contribution is -0.121. The first-order chi connectivity index (χ1) is 11.6. The SMILES string of the molecule is C[C@H](Sc1nncn1-c1cccc(Cl)c1)C(=O)NC1CCCCC1. The topological polar surface area (TPSA) is 59.8 Å². The number of thioether (sulfide) groups is 1. The third kappa shape index (κ3) is 4.30. The summed E-state index contributed by atoms with van der Waals surface area (Å²) < 4.78 is 1.85. The van der Waals surface area contributed by atoms with Crippen molar-refractivity contribution in [1.29, 1.82) is 0 Å². The normalized spacial score (nSPS) is 16.8. The van der Waals surface area contributed by atoms with Gasteiger partial charge >= 0.3 is 0 Å². The van der Waals surface area contributed by atoms with Gasteiger partial charge in [-0.1, -0.05) is 48.7 Å². The number of nitrogens with one attached hydrogen (secondary N) is 1. The highest BCUT2D eigenvalue weighted by Crippen LogP contribution is 2.26. The molecule has 1 fully saturated rings. The number of nitrogens with zero attached hydrogens (tertiary/aromatic N) is 3. The van der Waals surface area contributed by atoms with Gasteiger partial charge in [-0.25, -0.2) is 0 Å². The van der Waals surface area contributed by atoms with Crippen LogP contribution in [0.3, 0.4) is 0 Å². The zero-order valence-electron chi connectivity index (χ0n) is 13.6. The van der Waals surface area contributed by atoms with Crippen LogP contribution in [0.1, 0.15) is 39.0 Å². The third-order valence-electron chi connectivity index (χ3n) is 4.21. The number of halogens is 1. The molecule has 7 heteroatoms. The predicted octanol–water partition coefficient (Wildman–Crippen LogP) is 3.85. The number of rotatable bonds is 5. The number of hydrogen-bond acceptors (Lipinski definition) is 4. The quantitative estimate of drug-likeness (QED) is 0.818. The lowest BCUT2D eigenvalue weighted by Crippen LogP contribution is -2.40. The summed E-state index contributed by atoms with van der Waals surface area (Å²) in [4.78, 5) is 12.4. The molecule has 1 N–H and O–H groups in total. The molecule has 0 aliphatic heterocycles. The fourth-order valence-electron chi connectivity index (χ4n) is 2.88. The molecular formula is C17H21ClN4OS. The van der Waals surface area contributed by atoms with Crippen molar-refractivity contribution in [3.8, 4) is 5.69 Å². The van der Waals surface area contributed by atoms with Crippen LogP contribution in [0.5, 0.6) is 0 Å². The minimum Gasteiger partial charge on any atom is -0.352 e. The van der Waals surface area contributed by atoms with Crippen molar-refractivity contribution in [3.63, 3.8) is 0 Å². The van der Waals surface area contributed by atoms with Crippen molar-refractivity contribution in [1.82, 2.24) is 20.1 Å². The van der Waals surface area contributed by atoms with Crippen LogP contribution in [0.15, 0.2) is 35.7 Å². The molecule has 3 rings (SSSR count). The Morgan fingerprint density at radius 3 is 2.92 bits per heavy atom. The minimum atomic E-state index is -0.228. The number of carbonyl (C=O) groups is 1. The Labute approximate surface area is 151 Å². The van der Waals surface area contributed by atoms with Gasteiger partial charge in [-0.05, 0) is 38.0 Å². The Morgan fingerprint density at radius 2 is 2.17 bits per heavy atom. The molecule has 1 atom stereocenters. The number of aromatic nitrogens is 3. The Kier molecular flexibility index (Phi) is 5.79. The highest BCUT2D eigenvalue weighted by atomic mass is 35.5. The maximum absolute atomic E-state index is 12.4. The van der Waals surface area contributed by atoms with E-state index in [1.54, 1.807) is 6.33 Å². The van der Waals surface area contributed by atoms with Crippen LogP contribution in [0.25, 0.3) is 5.69 Å². The van der Waals surface area contributed by atoms with Crippen molar-refractivity contribution in [2.75, 3.05) is 0 Å². The summed E-state index contributed by atoms with van der Waals surface area (Å²) in [6.07, 6.45) is 7.49. The van der Waals surface area contributed by atoms with Crippen LogP contribution in [-0.2, 0) is 4.79 Å². The third-order valence-corrected chi connectivity index (χ3v) is 5.50. The first kappa shape index (κ1) is 17.3. The van der Waals surface area contributed by atoms with E-state index in [1.807, 2.05) is 35.8 Å². The average Bonchev–Trinajstić information content (AvgIpc) is 3.04. The molecule has 1 aromatic carbocycles. The van der Waals surface area contributed by atoms with Crippen LogP contribution < -0.4 is 5.32 Å². The second-order valence-corrected chi connectivity index (χ2v) is 7.81. The summed E-state index contributed by atoms with van der Waals surface area (Å²) in [5.74, 6) is 0.0625. The van der Waals surface area contributed by atoms with E-state index >= 15 is 0 Å². The first-order valence-corrected chi connectivity index (χ1v) is 9.52. The summed E-state index contributed by atoms with van der Waals surface area (Å²) >= 11 is 7.46. The summed E-state index contributed by atoms with van der Waals surface area (Å²) in [5, 5.41) is 12.4. The molecule has 24 heavy (non-hydrogen) atoms. The summed E-state index contributed by atoms with van der Waals surface area (Å²) in [7, 11) is 0. The van der Waals surface area contributed by atoms with Crippen LogP contribution in [0.4, 0.5) is 0 Å². The Bertz CT molecular complexity index is 699. The van der Waals surface area contributed by atoms with Gasteiger partial charge in [0.1, 0.15) is 6.33 Å². The second kappa shape index (κ2) is 8.03. The molecular weight excluding hydrogens is 344 g/mol. The molecule has 1 saturated carbocycles. The maximum Gasteiger partial charge on any atom is 0.233 e. The second-order valence-electron chi connectivity index (χ2n) is 6.07. The average molecular weight is 365 g/mol. The molecule has 128 valence electrons. The van der Waals surface area contributed by atoms with Crippen molar-refractivity contribution in [3.05, 3.63) is 35.6 Å². The molecule has 1 amide bonds. The molecule has 1 aliphatic rings. The van der Waals surface area contributed by atoms with Gasteiger partial charge in [-0.2, -0.15) is 0 Å². The zero-order valence-corrected chi connectivity index (χ0v) is 15.2. The monoisotopic (exact) mass is 364 g/mol. The van der Waals surface area contributed by atoms with E-state index in [0.717, 1.165) is 18.5 Å². The van der Waals surface area contributed by atoms with Gasteiger partial charge < -0.3 is 5.32 Å². The number of hydrogen-bond donors (Lipinski definition) is 1. The van der Waals surface area contributed by atoms with E-state index in [0.29, 0.717) is 16.2 Å². The van der Waals surface area contributed by atoms with Crippen LogP contribution in [0.2, 0.25) is 5.02 Å². The Hall–Kier alpha value is -1.53. The number of benzene rings is 1. The van der Waals surface area contributed by atoms with E-state index in [1.165, 1.54) is 31.0 Å². The van der Waals surface area contributed by atoms with Crippen molar-refractivity contribution < 1.29 is 4.79 Å². The molecule has 5 nitrogen and oxygen atoms in total. The molecule has 1 aromatic heterocycles. The lowest BCUT2D eigenvalue weighted by Gasteiger charge is -2.24. The van der Waals surface area contributed by atoms with Gasteiger partial charge in [0.05, 0.1) is 10.9 Å². The van der Waals surface area contributed by atoms with Crippen LogP contribution in [0, 0.1) is 0 Å². The fraction of sp³-hybridized carbons (Fsp3) is 0.471. The molecule has 0 radical (unpaired) electrons. The molecule has 0 bridgehead atoms. The zero-order chi connectivity index (χ0) is 16.9. The molecule has 2 aromatic rings. The Balaban J connectivity index is 1.65. The fourth-order valence-corrected chi connectivity index (χ4v) is 3.92. The number of amides is 1. The van der Waals surface area contributed by atoms with Crippen molar-refractivity contribution >= 4 is 29.3 Å². The molecule has 0 unspecified atom stereocenters. The lowest BCUT2D eigenvalue weighted by atomic mass is 9.95. The highest BCUT2D eigenvalue weighted by Gasteiger charge is 2.22. The van der Waals surface area contributed by atoms with Gasteiger partial charge in [0, 0.05) is 11.1 Å². The maximum atomic E-state index is 12.4. The summed E-state index contributed by atoms with van der Waals surface area (Å²) in [5.41, 5.74) is 0.884. The Morgan fingerprint density at radius 1 is 1.38 bits per heavy atom. The van der Waals surface area contributed by atoms with Gasteiger partial charge in [-0.15, -0.1) is 10.2 Å². The largest absolute Gasteiger partial charge is 0.352 e. The first-order valence-electron chi connectivity index (χ1n) is 8.26. The number of carbonyl (C=O) groups excluding carboxylic acids is 1. The van der Waals surface area contributed by atoms with Gasteiger partial charge in [0.2, 0.25) is 5.91 Å². The molecule has 1 aliphatic carbocycles. The van der Waals surface area contributed by atoms with Crippen LogP contribution in [-0.4, -0.2) is 32.0 Å². The van der Waals surface area contributed by atoms with Gasteiger partial charge in [-0.3, -0.25) is 9.36 Å². The predicted molar refractivity (Wildman–Crippen MR) is 96.7 cm³/mol. The van der Waals surface area contributed by atoms with Crippen LogP contribution >= 0.6 is 23.4 Å². The minimum absolute atomic E-state index is 0.0625. The van der Waals surface area contributed by atoms with Crippen molar-refractivity contribution in [2.45, 2.75) is 55.5 Å². The van der Waals surface area contributed by atoms with E-state index in [9.17, 15) is 4.79 Å². The highest BCUT2D eigenvalue weighted by molar-refractivity contribution is 8.00. The summed E-state index contributed by atoms with van der Waals surface area (Å²) in [6.45, 7) is 1.90. The van der Waals surface area contributed by atoms with Crippen molar-refractivity contribution in [2.24, 2.45) is 0 Å². The molecule has 0 spiro atoms. The van der Waals surface area contributed by atoms with E-state index < -0.39 is 0 Å². The summed E-state index contributed by atoms with van der Waals surface area (Å²) in [6, 6.07) is 7.81. The molecule has 0 saturated heterocycles. The van der Waals surface area contributed by atoms with Gasteiger partial charge in [0.25, 0.3) is 0 Å². The standard InChI is InChI=1S/C17H21ClN4OS/c1-12(16(23)20-14-7-3-2-4-8-14)24-17-21-19-11-22(17)15-9-5-6-13(18)10-15/h5-6,9-12,14H,2-4,7-8H2,1H3,(H,20,23)/t12-/m0/s1.